The number of nitro groups is 1. The van der Waals surface area contributed by atoms with E-state index in [0.29, 0.717) is 22.7 Å². The summed E-state index contributed by atoms with van der Waals surface area (Å²) in [6, 6.07) is 13.7. The minimum Gasteiger partial charge on any atom is -0.379 e. The van der Waals surface area contributed by atoms with Crippen LogP contribution in [0.25, 0.3) is 0 Å². The SMILES string of the molecule is O=C(c1ccccc1)c1ccc(N2CCC(CCN3CCOCC3)CC2)c([N+](=O)[O-])c1. The van der Waals surface area contributed by atoms with Gasteiger partial charge in [-0.2, -0.15) is 0 Å². The van der Waals surface area contributed by atoms with Crippen molar-refractivity contribution in [2.75, 3.05) is 50.8 Å². The van der Waals surface area contributed by atoms with Crippen LogP contribution in [0, 0.1) is 16.0 Å². The van der Waals surface area contributed by atoms with E-state index in [2.05, 4.69) is 9.80 Å². The van der Waals surface area contributed by atoms with E-state index < -0.39 is 0 Å². The molecule has 0 saturated carbocycles. The number of carbonyl (C=O) groups excluding carboxylic acids is 1. The molecule has 2 fully saturated rings. The lowest BCUT2D eigenvalue weighted by Gasteiger charge is -2.35. The lowest BCUT2D eigenvalue weighted by atomic mass is 9.92. The Labute approximate surface area is 182 Å². The molecule has 0 aliphatic carbocycles. The summed E-state index contributed by atoms with van der Waals surface area (Å²) in [6.45, 7) is 6.39. The molecule has 2 saturated heterocycles. The first-order chi connectivity index (χ1) is 15.1. The summed E-state index contributed by atoms with van der Waals surface area (Å²) in [5.74, 6) is 0.453. The fourth-order valence-corrected chi connectivity index (χ4v) is 4.49. The molecule has 2 aromatic carbocycles. The van der Waals surface area contributed by atoms with E-state index in [1.807, 2.05) is 6.07 Å². The van der Waals surface area contributed by atoms with Gasteiger partial charge < -0.3 is 9.64 Å². The molecule has 2 aliphatic rings. The highest BCUT2D eigenvalue weighted by molar-refractivity contribution is 6.09. The summed E-state index contributed by atoms with van der Waals surface area (Å²) < 4.78 is 5.41. The van der Waals surface area contributed by atoms with E-state index in [1.165, 1.54) is 12.5 Å². The summed E-state index contributed by atoms with van der Waals surface area (Å²) in [5, 5.41) is 11.8. The summed E-state index contributed by atoms with van der Waals surface area (Å²) in [6.07, 6.45) is 3.23. The van der Waals surface area contributed by atoms with Crippen LogP contribution >= 0.6 is 0 Å². The molecule has 164 valence electrons. The highest BCUT2D eigenvalue weighted by Crippen LogP contribution is 2.33. The van der Waals surface area contributed by atoms with Gasteiger partial charge in [0.05, 0.1) is 18.1 Å². The van der Waals surface area contributed by atoms with Crippen LogP contribution in [-0.2, 0) is 4.74 Å². The fourth-order valence-electron chi connectivity index (χ4n) is 4.49. The molecule has 31 heavy (non-hydrogen) atoms. The van der Waals surface area contributed by atoms with Gasteiger partial charge in [-0.15, -0.1) is 0 Å². The third-order valence-corrected chi connectivity index (χ3v) is 6.38. The second-order valence-corrected chi connectivity index (χ2v) is 8.33. The van der Waals surface area contributed by atoms with Crippen LogP contribution in [0.15, 0.2) is 48.5 Å². The molecule has 0 aromatic heterocycles. The van der Waals surface area contributed by atoms with Crippen LogP contribution in [0.3, 0.4) is 0 Å². The van der Waals surface area contributed by atoms with E-state index in [1.54, 1.807) is 36.4 Å². The average Bonchev–Trinajstić information content (AvgIpc) is 2.83. The van der Waals surface area contributed by atoms with Crippen LogP contribution in [0.4, 0.5) is 11.4 Å². The molecule has 2 aliphatic heterocycles. The van der Waals surface area contributed by atoms with Crippen molar-refractivity contribution in [2.45, 2.75) is 19.3 Å². The Morgan fingerprint density at radius 3 is 2.39 bits per heavy atom. The van der Waals surface area contributed by atoms with E-state index in [-0.39, 0.29) is 16.4 Å². The highest BCUT2D eigenvalue weighted by atomic mass is 16.6. The van der Waals surface area contributed by atoms with E-state index in [0.717, 1.165) is 58.8 Å². The fraction of sp³-hybridized carbons (Fsp3) is 0.458. The van der Waals surface area contributed by atoms with Crippen LogP contribution in [0.2, 0.25) is 0 Å². The van der Waals surface area contributed by atoms with Gasteiger partial charge in [-0.3, -0.25) is 19.8 Å². The molecule has 7 heteroatoms. The maximum Gasteiger partial charge on any atom is 0.293 e. The van der Waals surface area contributed by atoms with E-state index in [4.69, 9.17) is 4.74 Å². The van der Waals surface area contributed by atoms with Crippen molar-refractivity contribution in [2.24, 2.45) is 5.92 Å². The maximum atomic E-state index is 12.7. The average molecular weight is 424 g/mol. The van der Waals surface area contributed by atoms with Crippen molar-refractivity contribution in [1.29, 1.82) is 0 Å². The summed E-state index contributed by atoms with van der Waals surface area (Å²) in [7, 11) is 0. The van der Waals surface area contributed by atoms with Gasteiger partial charge >= 0.3 is 0 Å². The second-order valence-electron chi connectivity index (χ2n) is 8.33. The van der Waals surface area contributed by atoms with Crippen molar-refractivity contribution in [3.8, 4) is 0 Å². The number of carbonyl (C=O) groups is 1. The number of nitrogens with zero attached hydrogens (tertiary/aromatic N) is 3. The summed E-state index contributed by atoms with van der Waals surface area (Å²) >= 11 is 0. The molecular formula is C24H29N3O4. The highest BCUT2D eigenvalue weighted by Gasteiger charge is 2.26. The quantitative estimate of drug-likeness (QED) is 0.383. The molecule has 0 radical (unpaired) electrons. The number of morpholine rings is 1. The zero-order valence-corrected chi connectivity index (χ0v) is 17.7. The monoisotopic (exact) mass is 423 g/mol. The largest absolute Gasteiger partial charge is 0.379 e. The second kappa shape index (κ2) is 10.0. The molecule has 0 N–H and O–H groups in total. The first-order valence-corrected chi connectivity index (χ1v) is 11.0. The van der Waals surface area contributed by atoms with Crippen molar-refractivity contribution < 1.29 is 14.5 Å². The minimum absolute atomic E-state index is 0.00791. The molecule has 2 aromatic rings. The van der Waals surface area contributed by atoms with Gasteiger partial charge in [0.25, 0.3) is 5.69 Å². The van der Waals surface area contributed by atoms with E-state index >= 15 is 0 Å². The predicted octanol–water partition coefficient (Wildman–Crippen LogP) is 3.76. The zero-order chi connectivity index (χ0) is 21.6. The molecule has 7 nitrogen and oxygen atoms in total. The van der Waals surface area contributed by atoms with Gasteiger partial charge in [0.2, 0.25) is 0 Å². The molecule has 0 bridgehead atoms. The Bertz CT molecular complexity index is 904. The zero-order valence-electron chi connectivity index (χ0n) is 17.7. The number of benzene rings is 2. The molecule has 2 heterocycles. The number of hydrogen-bond acceptors (Lipinski definition) is 6. The van der Waals surface area contributed by atoms with Crippen LogP contribution < -0.4 is 4.90 Å². The van der Waals surface area contributed by atoms with Crippen molar-refractivity contribution in [1.82, 2.24) is 4.90 Å². The lowest BCUT2D eigenvalue weighted by molar-refractivity contribution is -0.384. The lowest BCUT2D eigenvalue weighted by Crippen LogP contribution is -2.39. The molecule has 0 amide bonds. The Hall–Kier alpha value is -2.77. The molecule has 4 rings (SSSR count). The van der Waals surface area contributed by atoms with Gasteiger partial charge in [0.1, 0.15) is 5.69 Å². The number of nitro benzene ring substituents is 1. The Morgan fingerprint density at radius 2 is 1.71 bits per heavy atom. The van der Waals surface area contributed by atoms with Crippen molar-refractivity contribution in [3.05, 3.63) is 69.8 Å². The third-order valence-electron chi connectivity index (χ3n) is 6.38. The number of rotatable bonds is 7. The standard InChI is InChI=1S/C24H29N3O4/c28-24(20-4-2-1-3-5-20)21-6-7-22(23(18-21)27(29)30)26-12-9-19(10-13-26)8-11-25-14-16-31-17-15-25/h1-7,18-19H,8-17H2. The van der Waals surface area contributed by atoms with Gasteiger partial charge in [-0.25, -0.2) is 0 Å². The minimum atomic E-state index is -0.373. The Kier molecular flexibility index (Phi) is 6.94. The first kappa shape index (κ1) is 21.5. The van der Waals surface area contributed by atoms with Gasteiger partial charge in [-0.05, 0) is 43.9 Å². The Morgan fingerprint density at radius 1 is 1.00 bits per heavy atom. The van der Waals surface area contributed by atoms with Gasteiger partial charge in [0.15, 0.2) is 5.78 Å². The Balaban J connectivity index is 1.40. The van der Waals surface area contributed by atoms with Crippen LogP contribution in [0.1, 0.15) is 35.2 Å². The first-order valence-electron chi connectivity index (χ1n) is 11.0. The maximum absolute atomic E-state index is 12.7. The van der Waals surface area contributed by atoms with Crippen LogP contribution in [0.5, 0.6) is 0 Å². The number of ether oxygens (including phenoxy) is 1. The number of piperidine rings is 1. The third kappa shape index (κ3) is 5.29. The van der Waals surface area contributed by atoms with Crippen LogP contribution in [-0.4, -0.2) is 61.5 Å². The van der Waals surface area contributed by atoms with Crippen molar-refractivity contribution >= 4 is 17.2 Å². The van der Waals surface area contributed by atoms with Gasteiger partial charge in [0, 0.05) is 43.4 Å². The van der Waals surface area contributed by atoms with E-state index in [9.17, 15) is 14.9 Å². The summed E-state index contributed by atoms with van der Waals surface area (Å²) in [4.78, 5) is 28.7. The molecule has 0 unspecified atom stereocenters. The van der Waals surface area contributed by atoms with Gasteiger partial charge in [-0.1, -0.05) is 30.3 Å². The topological polar surface area (TPSA) is 75.9 Å². The number of hydrogen-bond donors (Lipinski definition) is 0. The predicted molar refractivity (Wildman–Crippen MR) is 120 cm³/mol. The molecule has 0 spiro atoms. The smallest absolute Gasteiger partial charge is 0.293 e. The molecular weight excluding hydrogens is 394 g/mol. The van der Waals surface area contributed by atoms with Crippen molar-refractivity contribution in [3.63, 3.8) is 0 Å². The number of anilines is 1. The normalized spacial score (nSPS) is 18.1. The molecule has 0 atom stereocenters. The number of ketones is 1. The summed E-state index contributed by atoms with van der Waals surface area (Å²) in [5.41, 5.74) is 1.50.